The summed E-state index contributed by atoms with van der Waals surface area (Å²) in [4.78, 5) is 23.2. The molecular formula is C15H20ClN3O2. The van der Waals surface area contributed by atoms with E-state index in [1.54, 1.807) is 12.1 Å². The van der Waals surface area contributed by atoms with Crippen LogP contribution in [0.25, 0.3) is 0 Å². The molecule has 1 aliphatic carbocycles. The van der Waals surface area contributed by atoms with Crippen LogP contribution >= 0.6 is 11.6 Å². The van der Waals surface area contributed by atoms with Crippen LogP contribution in [0.4, 0.5) is 10.5 Å². The lowest BCUT2D eigenvalue weighted by molar-refractivity contribution is 0.100. The maximum Gasteiger partial charge on any atom is 0.319 e. The first-order valence-corrected chi connectivity index (χ1v) is 7.61. The van der Waals surface area contributed by atoms with Crippen LogP contribution in [0.3, 0.4) is 0 Å². The van der Waals surface area contributed by atoms with Crippen LogP contribution in [0.1, 0.15) is 48.9 Å². The summed E-state index contributed by atoms with van der Waals surface area (Å²) in [6, 6.07) is 4.62. The number of nitrogens with one attached hydrogen (secondary N) is 2. The Morgan fingerprint density at radius 3 is 2.43 bits per heavy atom. The van der Waals surface area contributed by atoms with Crippen molar-refractivity contribution in [1.29, 1.82) is 0 Å². The number of urea groups is 1. The van der Waals surface area contributed by atoms with Gasteiger partial charge in [0.25, 0.3) is 0 Å². The molecule has 0 aliphatic heterocycles. The van der Waals surface area contributed by atoms with Gasteiger partial charge in [0.15, 0.2) is 0 Å². The van der Waals surface area contributed by atoms with Gasteiger partial charge in [-0.3, -0.25) is 4.79 Å². The van der Waals surface area contributed by atoms with Crippen LogP contribution in [-0.2, 0) is 0 Å². The fourth-order valence-electron chi connectivity index (χ4n) is 2.57. The van der Waals surface area contributed by atoms with E-state index in [1.807, 2.05) is 0 Å². The van der Waals surface area contributed by atoms with Gasteiger partial charge < -0.3 is 16.4 Å². The molecule has 0 unspecified atom stereocenters. The van der Waals surface area contributed by atoms with Crippen molar-refractivity contribution in [3.63, 3.8) is 0 Å². The normalized spacial score (nSPS) is 16.0. The molecule has 1 aliphatic rings. The third kappa shape index (κ3) is 4.63. The molecule has 1 saturated carbocycles. The Labute approximate surface area is 129 Å². The second-order valence-corrected chi connectivity index (χ2v) is 5.75. The molecule has 0 spiro atoms. The topological polar surface area (TPSA) is 84.2 Å². The third-order valence-electron chi connectivity index (χ3n) is 3.68. The first kappa shape index (κ1) is 15.6. The summed E-state index contributed by atoms with van der Waals surface area (Å²) >= 11 is 5.87. The molecule has 1 fully saturated rings. The lowest BCUT2D eigenvalue weighted by atomic mass is 10.1. The second-order valence-electron chi connectivity index (χ2n) is 5.35. The van der Waals surface area contributed by atoms with Crippen molar-refractivity contribution in [1.82, 2.24) is 5.32 Å². The summed E-state index contributed by atoms with van der Waals surface area (Å²) in [5, 5.41) is 5.96. The summed E-state index contributed by atoms with van der Waals surface area (Å²) < 4.78 is 0. The van der Waals surface area contributed by atoms with Gasteiger partial charge in [0, 0.05) is 11.7 Å². The highest BCUT2D eigenvalue weighted by Gasteiger charge is 2.15. The van der Waals surface area contributed by atoms with Crippen molar-refractivity contribution in [3.05, 3.63) is 28.8 Å². The van der Waals surface area contributed by atoms with Crippen molar-refractivity contribution in [2.75, 3.05) is 5.32 Å². The molecule has 6 heteroatoms. The minimum Gasteiger partial charge on any atom is -0.366 e. The zero-order valence-electron chi connectivity index (χ0n) is 11.8. The number of nitrogens with two attached hydrogens (primary N) is 1. The van der Waals surface area contributed by atoms with Crippen LogP contribution in [0.15, 0.2) is 18.2 Å². The molecule has 1 aromatic carbocycles. The molecule has 1 aromatic rings. The molecular weight excluding hydrogens is 290 g/mol. The SMILES string of the molecule is NC(=O)c1cc(NC(=O)NC2CCCCCC2)ccc1Cl. The smallest absolute Gasteiger partial charge is 0.319 e. The molecule has 0 atom stereocenters. The summed E-state index contributed by atoms with van der Waals surface area (Å²) in [6.45, 7) is 0. The number of hydrogen-bond donors (Lipinski definition) is 3. The molecule has 114 valence electrons. The third-order valence-corrected chi connectivity index (χ3v) is 4.01. The minimum absolute atomic E-state index is 0.198. The quantitative estimate of drug-likeness (QED) is 0.749. The number of carbonyl (C=O) groups is 2. The maximum absolute atomic E-state index is 12.0. The Balaban J connectivity index is 1.95. The number of anilines is 1. The Kier molecular flexibility index (Phi) is 5.44. The van der Waals surface area contributed by atoms with E-state index in [-0.39, 0.29) is 22.7 Å². The minimum atomic E-state index is -0.618. The van der Waals surface area contributed by atoms with Crippen LogP contribution < -0.4 is 16.4 Å². The van der Waals surface area contributed by atoms with Gasteiger partial charge in [-0.15, -0.1) is 0 Å². The summed E-state index contributed by atoms with van der Waals surface area (Å²) in [6.07, 6.45) is 6.80. The average Bonchev–Trinajstić information content (AvgIpc) is 2.69. The van der Waals surface area contributed by atoms with Gasteiger partial charge in [0.1, 0.15) is 0 Å². The molecule has 4 N–H and O–H groups in total. The molecule has 3 amide bonds. The summed E-state index contributed by atoms with van der Waals surface area (Å²) in [5.41, 5.74) is 5.93. The summed E-state index contributed by atoms with van der Waals surface area (Å²) in [5.74, 6) is -0.618. The second kappa shape index (κ2) is 7.31. The van der Waals surface area contributed by atoms with Gasteiger partial charge in [-0.05, 0) is 31.0 Å². The Bertz CT molecular complexity index is 526. The van der Waals surface area contributed by atoms with Gasteiger partial charge >= 0.3 is 6.03 Å². The van der Waals surface area contributed by atoms with Crippen LogP contribution in [0.2, 0.25) is 5.02 Å². The Morgan fingerprint density at radius 2 is 1.81 bits per heavy atom. The van der Waals surface area contributed by atoms with E-state index in [2.05, 4.69) is 10.6 Å². The van der Waals surface area contributed by atoms with E-state index in [0.717, 1.165) is 25.7 Å². The number of halogens is 1. The molecule has 0 aromatic heterocycles. The molecule has 0 saturated heterocycles. The zero-order valence-corrected chi connectivity index (χ0v) is 12.6. The standard InChI is InChI=1S/C15H20ClN3O2/c16-13-8-7-11(9-12(13)14(17)20)19-15(21)18-10-5-3-1-2-4-6-10/h7-10H,1-6H2,(H2,17,20)(H2,18,19,21). The number of benzene rings is 1. The highest BCUT2D eigenvalue weighted by atomic mass is 35.5. The highest BCUT2D eigenvalue weighted by Crippen LogP contribution is 2.21. The van der Waals surface area contributed by atoms with Crippen LogP contribution in [0.5, 0.6) is 0 Å². The van der Waals surface area contributed by atoms with E-state index in [1.165, 1.54) is 18.9 Å². The van der Waals surface area contributed by atoms with Crippen molar-refractivity contribution in [2.45, 2.75) is 44.6 Å². The maximum atomic E-state index is 12.0. The Hall–Kier alpha value is -1.75. The van der Waals surface area contributed by atoms with Gasteiger partial charge in [0.05, 0.1) is 10.6 Å². The Morgan fingerprint density at radius 1 is 1.14 bits per heavy atom. The highest BCUT2D eigenvalue weighted by molar-refractivity contribution is 6.33. The first-order chi connectivity index (χ1) is 10.1. The first-order valence-electron chi connectivity index (χ1n) is 7.23. The molecule has 0 radical (unpaired) electrons. The molecule has 0 heterocycles. The number of amides is 3. The van der Waals surface area contributed by atoms with Gasteiger partial charge in [0.2, 0.25) is 5.91 Å². The monoisotopic (exact) mass is 309 g/mol. The lowest BCUT2D eigenvalue weighted by Crippen LogP contribution is -2.37. The van der Waals surface area contributed by atoms with E-state index in [4.69, 9.17) is 17.3 Å². The fraction of sp³-hybridized carbons (Fsp3) is 0.467. The molecule has 5 nitrogen and oxygen atoms in total. The predicted octanol–water partition coefficient (Wildman–Crippen LogP) is 3.28. The van der Waals surface area contributed by atoms with E-state index < -0.39 is 5.91 Å². The lowest BCUT2D eigenvalue weighted by Gasteiger charge is -2.17. The molecule has 0 bridgehead atoms. The zero-order chi connectivity index (χ0) is 15.2. The largest absolute Gasteiger partial charge is 0.366 e. The van der Waals surface area contributed by atoms with Gasteiger partial charge in [-0.2, -0.15) is 0 Å². The van der Waals surface area contributed by atoms with Crippen molar-refractivity contribution in [2.24, 2.45) is 5.73 Å². The average molecular weight is 310 g/mol. The van der Waals surface area contributed by atoms with Crippen molar-refractivity contribution >= 4 is 29.2 Å². The van der Waals surface area contributed by atoms with Crippen LogP contribution in [0, 0.1) is 0 Å². The van der Waals surface area contributed by atoms with E-state index in [0.29, 0.717) is 5.69 Å². The van der Waals surface area contributed by atoms with Crippen molar-refractivity contribution < 1.29 is 9.59 Å². The van der Waals surface area contributed by atoms with E-state index in [9.17, 15) is 9.59 Å². The van der Waals surface area contributed by atoms with Gasteiger partial charge in [-0.25, -0.2) is 4.79 Å². The number of hydrogen-bond acceptors (Lipinski definition) is 2. The number of carbonyl (C=O) groups excluding carboxylic acids is 2. The number of rotatable bonds is 3. The van der Waals surface area contributed by atoms with Crippen molar-refractivity contribution in [3.8, 4) is 0 Å². The molecule has 21 heavy (non-hydrogen) atoms. The number of primary amides is 1. The predicted molar refractivity (Wildman–Crippen MR) is 83.6 cm³/mol. The summed E-state index contributed by atoms with van der Waals surface area (Å²) in [7, 11) is 0. The van der Waals surface area contributed by atoms with Crippen LogP contribution in [-0.4, -0.2) is 18.0 Å². The van der Waals surface area contributed by atoms with Gasteiger partial charge in [-0.1, -0.05) is 37.3 Å². The van der Waals surface area contributed by atoms with E-state index >= 15 is 0 Å². The fourth-order valence-corrected chi connectivity index (χ4v) is 2.78. The molecule has 2 rings (SSSR count).